The molecule has 164 valence electrons. The van der Waals surface area contributed by atoms with Crippen LogP contribution in [0.2, 0.25) is 5.02 Å². The number of carbonyl (C=O) groups is 1. The number of hydrogen-bond donors (Lipinski definition) is 1. The van der Waals surface area contributed by atoms with E-state index in [1.807, 2.05) is 37.4 Å². The van der Waals surface area contributed by atoms with Gasteiger partial charge in [0.2, 0.25) is 5.91 Å². The molecule has 2 aromatic carbocycles. The fraction of sp³-hybridized carbons (Fsp3) is 0.304. The molecule has 1 unspecified atom stereocenters. The summed E-state index contributed by atoms with van der Waals surface area (Å²) in [4.78, 5) is 13.6. The van der Waals surface area contributed by atoms with Gasteiger partial charge < -0.3 is 10.6 Å². The number of anilines is 2. The van der Waals surface area contributed by atoms with Crippen molar-refractivity contribution >= 4 is 35.1 Å². The monoisotopic (exact) mass is 449 g/mol. The maximum atomic E-state index is 11.3. The fourth-order valence-electron chi connectivity index (χ4n) is 4.46. The van der Waals surface area contributed by atoms with Crippen LogP contribution in [0.4, 0.5) is 11.4 Å². The molecule has 2 aliphatic heterocycles. The summed E-state index contributed by atoms with van der Waals surface area (Å²) in [5, 5.41) is 15.6. The van der Waals surface area contributed by atoms with E-state index in [2.05, 4.69) is 49.9 Å². The van der Waals surface area contributed by atoms with Crippen LogP contribution >= 0.6 is 11.6 Å². The average molecular weight is 450 g/mol. The number of aromatic nitrogens is 3. The number of hydrogen-bond acceptors (Lipinski definition) is 6. The molecule has 2 aliphatic rings. The van der Waals surface area contributed by atoms with Crippen molar-refractivity contribution < 1.29 is 4.79 Å². The third-order valence-electron chi connectivity index (χ3n) is 6.00. The average Bonchev–Trinajstić information content (AvgIpc) is 3.35. The first kappa shape index (κ1) is 20.5. The SMILES string of the molecule is Cc1nnc2n1-c1ccc(C3C=NN(CC(N)=O)C3)cc1N(c1ccc(Cl)cc1)C[C@H]2C. The number of aryl methyl sites for hydroxylation is 1. The highest BCUT2D eigenvalue weighted by Crippen LogP contribution is 2.40. The van der Waals surface area contributed by atoms with Crippen LogP contribution < -0.4 is 10.6 Å². The summed E-state index contributed by atoms with van der Waals surface area (Å²) in [7, 11) is 0. The molecular weight excluding hydrogens is 426 g/mol. The molecule has 5 rings (SSSR count). The van der Waals surface area contributed by atoms with Crippen molar-refractivity contribution in [3.05, 3.63) is 64.7 Å². The molecule has 3 aromatic rings. The molecule has 2 atom stereocenters. The van der Waals surface area contributed by atoms with Gasteiger partial charge in [-0.25, -0.2) is 0 Å². The Hall–Kier alpha value is -3.39. The molecule has 0 aliphatic carbocycles. The highest BCUT2D eigenvalue weighted by atomic mass is 35.5. The maximum absolute atomic E-state index is 11.3. The Balaban J connectivity index is 1.60. The van der Waals surface area contributed by atoms with E-state index >= 15 is 0 Å². The molecule has 32 heavy (non-hydrogen) atoms. The van der Waals surface area contributed by atoms with Crippen molar-refractivity contribution in [2.75, 3.05) is 24.5 Å². The first-order valence-corrected chi connectivity index (χ1v) is 10.9. The van der Waals surface area contributed by atoms with Gasteiger partial charge in [-0.2, -0.15) is 5.10 Å². The van der Waals surface area contributed by atoms with Crippen molar-refractivity contribution in [3.63, 3.8) is 0 Å². The Morgan fingerprint density at radius 3 is 2.66 bits per heavy atom. The zero-order chi connectivity index (χ0) is 22.4. The van der Waals surface area contributed by atoms with Crippen molar-refractivity contribution in [1.29, 1.82) is 0 Å². The van der Waals surface area contributed by atoms with E-state index in [4.69, 9.17) is 17.3 Å². The third kappa shape index (κ3) is 3.60. The van der Waals surface area contributed by atoms with E-state index in [1.54, 1.807) is 5.01 Å². The fourth-order valence-corrected chi connectivity index (χ4v) is 4.59. The molecule has 0 radical (unpaired) electrons. The number of fused-ring (bicyclic) bond motifs is 3. The summed E-state index contributed by atoms with van der Waals surface area (Å²) in [6, 6.07) is 14.3. The van der Waals surface area contributed by atoms with E-state index in [9.17, 15) is 4.79 Å². The number of nitrogens with two attached hydrogens (primary N) is 1. The zero-order valence-corrected chi connectivity index (χ0v) is 18.7. The lowest BCUT2D eigenvalue weighted by Gasteiger charge is -2.27. The molecule has 0 saturated heterocycles. The minimum atomic E-state index is -0.386. The molecular formula is C23H24ClN7O. The smallest absolute Gasteiger partial charge is 0.238 e. The molecule has 8 nitrogen and oxygen atoms in total. The summed E-state index contributed by atoms with van der Waals surface area (Å²) in [5.74, 6) is 1.66. The second-order valence-electron chi connectivity index (χ2n) is 8.36. The molecule has 0 saturated carbocycles. The molecule has 1 aromatic heterocycles. The Morgan fingerprint density at radius 1 is 1.12 bits per heavy atom. The molecule has 3 heterocycles. The third-order valence-corrected chi connectivity index (χ3v) is 6.25. The Morgan fingerprint density at radius 2 is 1.91 bits per heavy atom. The van der Waals surface area contributed by atoms with Gasteiger partial charge in [0.15, 0.2) is 0 Å². The lowest BCUT2D eigenvalue weighted by atomic mass is 9.99. The highest BCUT2D eigenvalue weighted by molar-refractivity contribution is 6.30. The van der Waals surface area contributed by atoms with E-state index in [1.165, 1.54) is 0 Å². The van der Waals surface area contributed by atoms with Crippen LogP contribution in [0.15, 0.2) is 47.6 Å². The standard InChI is InChI=1S/C23H24ClN7O/c1-14-11-30(19-6-4-18(24)5-7-19)21-9-16(17-10-26-29(12-17)13-22(25)32)3-8-20(21)31-15(2)27-28-23(14)31/h3-10,14,17H,11-13H2,1-2H3,(H2,25,32)/t14-,17?/m1/s1. The largest absolute Gasteiger partial charge is 0.368 e. The number of halogens is 1. The van der Waals surface area contributed by atoms with E-state index < -0.39 is 0 Å². The van der Waals surface area contributed by atoms with Crippen LogP contribution in [0.3, 0.4) is 0 Å². The highest BCUT2D eigenvalue weighted by Gasteiger charge is 2.30. The Labute approximate surface area is 191 Å². The minimum Gasteiger partial charge on any atom is -0.368 e. The van der Waals surface area contributed by atoms with Crippen molar-refractivity contribution in [2.45, 2.75) is 25.7 Å². The normalized spacial score (nSPS) is 19.6. The second-order valence-corrected chi connectivity index (χ2v) is 8.80. The lowest BCUT2D eigenvalue weighted by Crippen LogP contribution is -2.29. The molecule has 0 fully saturated rings. The number of primary amides is 1. The number of carbonyl (C=O) groups excluding carboxylic acids is 1. The molecule has 0 bridgehead atoms. The van der Waals surface area contributed by atoms with Crippen LogP contribution in [-0.2, 0) is 4.79 Å². The molecule has 1 amide bonds. The summed E-state index contributed by atoms with van der Waals surface area (Å²) >= 11 is 6.16. The molecule has 9 heteroatoms. The Kier molecular flexibility index (Phi) is 5.09. The summed E-state index contributed by atoms with van der Waals surface area (Å²) in [5.41, 5.74) is 9.63. The van der Waals surface area contributed by atoms with Gasteiger partial charge in [-0.1, -0.05) is 24.6 Å². The van der Waals surface area contributed by atoms with Gasteiger partial charge in [0.25, 0.3) is 0 Å². The van der Waals surface area contributed by atoms with Crippen molar-refractivity contribution in [2.24, 2.45) is 10.8 Å². The zero-order valence-electron chi connectivity index (χ0n) is 17.9. The summed E-state index contributed by atoms with van der Waals surface area (Å²) in [6.45, 7) is 5.64. The van der Waals surface area contributed by atoms with E-state index in [0.29, 0.717) is 11.6 Å². The maximum Gasteiger partial charge on any atom is 0.238 e. The van der Waals surface area contributed by atoms with Crippen molar-refractivity contribution in [3.8, 4) is 5.69 Å². The van der Waals surface area contributed by atoms with E-state index in [0.717, 1.165) is 40.8 Å². The van der Waals surface area contributed by atoms with Crippen LogP contribution in [0.5, 0.6) is 0 Å². The number of rotatable bonds is 4. The topological polar surface area (TPSA) is 92.6 Å². The predicted molar refractivity (Wildman–Crippen MR) is 125 cm³/mol. The van der Waals surface area contributed by atoms with Crippen LogP contribution in [0.25, 0.3) is 5.69 Å². The van der Waals surface area contributed by atoms with Gasteiger partial charge in [-0.05, 0) is 48.9 Å². The number of nitrogens with zero attached hydrogens (tertiary/aromatic N) is 6. The molecule has 0 spiro atoms. The van der Waals surface area contributed by atoms with Gasteiger partial charge in [0, 0.05) is 41.8 Å². The van der Waals surface area contributed by atoms with E-state index in [-0.39, 0.29) is 24.3 Å². The predicted octanol–water partition coefficient (Wildman–Crippen LogP) is 3.35. The van der Waals surface area contributed by atoms with Gasteiger partial charge in [0.1, 0.15) is 18.2 Å². The summed E-state index contributed by atoms with van der Waals surface area (Å²) in [6.07, 6.45) is 1.88. The summed E-state index contributed by atoms with van der Waals surface area (Å²) < 4.78 is 2.14. The number of amides is 1. The lowest BCUT2D eigenvalue weighted by molar-refractivity contribution is -0.119. The van der Waals surface area contributed by atoms with Gasteiger partial charge >= 0.3 is 0 Å². The van der Waals surface area contributed by atoms with Crippen LogP contribution in [-0.4, -0.2) is 51.5 Å². The van der Waals surface area contributed by atoms with Gasteiger partial charge in [0.05, 0.1) is 11.4 Å². The number of hydrazone groups is 1. The van der Waals surface area contributed by atoms with Crippen LogP contribution in [0.1, 0.15) is 36.0 Å². The first-order chi connectivity index (χ1) is 15.4. The van der Waals surface area contributed by atoms with Gasteiger partial charge in [-0.3, -0.25) is 14.4 Å². The molecule has 2 N–H and O–H groups in total. The minimum absolute atomic E-state index is 0.0777. The van der Waals surface area contributed by atoms with Gasteiger partial charge in [-0.15, -0.1) is 10.2 Å². The van der Waals surface area contributed by atoms with Crippen LogP contribution in [0, 0.1) is 6.92 Å². The van der Waals surface area contributed by atoms with Crippen molar-refractivity contribution in [1.82, 2.24) is 19.8 Å². The first-order valence-electron chi connectivity index (χ1n) is 10.6. The Bertz CT molecular complexity index is 1200. The quantitative estimate of drug-likeness (QED) is 0.659. The number of benzene rings is 2. The second kappa shape index (κ2) is 7.94.